The van der Waals surface area contributed by atoms with Crippen LogP contribution in [0.4, 0.5) is 14.5 Å². The van der Waals surface area contributed by atoms with Crippen molar-refractivity contribution in [2.75, 3.05) is 31.6 Å². The molecule has 1 saturated heterocycles. The summed E-state index contributed by atoms with van der Waals surface area (Å²) >= 11 is 0. The molecule has 2 unspecified atom stereocenters. The van der Waals surface area contributed by atoms with Crippen LogP contribution in [-0.4, -0.2) is 43.6 Å². The quantitative estimate of drug-likeness (QED) is 0.579. The van der Waals surface area contributed by atoms with Gasteiger partial charge in [-0.15, -0.1) is 0 Å². The number of rotatable bonds is 6. The smallest absolute Gasteiger partial charge is 0.225 e. The molecule has 0 saturated carbocycles. The van der Waals surface area contributed by atoms with Gasteiger partial charge in [0, 0.05) is 44.5 Å². The van der Waals surface area contributed by atoms with Crippen LogP contribution in [0.15, 0.2) is 66.7 Å². The molecule has 7 heteroatoms. The molecule has 0 radical (unpaired) electrons. The van der Waals surface area contributed by atoms with Crippen LogP contribution < -0.4 is 15.0 Å². The highest BCUT2D eigenvalue weighted by molar-refractivity contribution is 5.82. The highest BCUT2D eigenvalue weighted by Gasteiger charge is 2.41. The Kier molecular flexibility index (Phi) is 6.68. The molecule has 0 spiro atoms. The molecular weight excluding hydrogens is 448 g/mol. The van der Waals surface area contributed by atoms with E-state index >= 15 is 0 Å². The van der Waals surface area contributed by atoms with Crippen molar-refractivity contribution in [2.24, 2.45) is 5.92 Å². The van der Waals surface area contributed by atoms with Crippen LogP contribution in [0.25, 0.3) is 0 Å². The van der Waals surface area contributed by atoms with Crippen molar-refractivity contribution in [3.05, 3.63) is 95.1 Å². The van der Waals surface area contributed by atoms with E-state index in [2.05, 4.69) is 21.2 Å². The summed E-state index contributed by atoms with van der Waals surface area (Å²) in [6.07, 6.45) is 0.625. The zero-order chi connectivity index (χ0) is 24.4. The minimum absolute atomic E-state index is 0.0173. The number of hydrogen-bond acceptors (Lipinski definition) is 4. The summed E-state index contributed by atoms with van der Waals surface area (Å²) in [6, 6.07) is 18.9. The van der Waals surface area contributed by atoms with Crippen molar-refractivity contribution >= 4 is 11.6 Å². The standard InChI is InChI=1S/C28H29F2N3O2/c1-35-24-10-7-21-14-25(28(34)31-16-20-3-2-4-23(30)13-20)27-18-32(11-12-33(27)26(21)15-24)17-19-5-8-22(29)9-6-19/h2-10,13,15,25,27H,11-12,14,16-18H2,1H3,(H,31,34). The van der Waals surface area contributed by atoms with Crippen molar-refractivity contribution in [3.63, 3.8) is 0 Å². The van der Waals surface area contributed by atoms with Gasteiger partial charge in [0.1, 0.15) is 17.4 Å². The third-order valence-electron chi connectivity index (χ3n) is 7.02. The van der Waals surface area contributed by atoms with E-state index in [0.29, 0.717) is 19.5 Å². The Bertz CT molecular complexity index is 1200. The van der Waals surface area contributed by atoms with Crippen LogP contribution in [0, 0.1) is 17.6 Å². The number of nitrogens with zero attached hydrogens (tertiary/aromatic N) is 2. The van der Waals surface area contributed by atoms with E-state index in [1.165, 1.54) is 24.3 Å². The van der Waals surface area contributed by atoms with Gasteiger partial charge in [-0.05, 0) is 53.4 Å². The Morgan fingerprint density at radius 2 is 1.83 bits per heavy atom. The van der Waals surface area contributed by atoms with Crippen molar-refractivity contribution < 1.29 is 18.3 Å². The summed E-state index contributed by atoms with van der Waals surface area (Å²) in [7, 11) is 1.66. The number of fused-ring (bicyclic) bond motifs is 3. The van der Waals surface area contributed by atoms with Gasteiger partial charge >= 0.3 is 0 Å². The summed E-state index contributed by atoms with van der Waals surface area (Å²) in [4.78, 5) is 18.1. The SMILES string of the molecule is COc1ccc2c(c1)N1CCN(Cc3ccc(F)cc3)CC1C(C(=O)NCc1cccc(F)c1)C2. The van der Waals surface area contributed by atoms with Gasteiger partial charge in [0.05, 0.1) is 19.1 Å². The molecule has 0 bridgehead atoms. The summed E-state index contributed by atoms with van der Waals surface area (Å²) in [5.41, 5.74) is 4.02. The molecule has 5 nitrogen and oxygen atoms in total. The van der Waals surface area contributed by atoms with Crippen molar-refractivity contribution in [1.82, 2.24) is 10.2 Å². The Balaban J connectivity index is 1.37. The second-order valence-electron chi connectivity index (χ2n) is 9.28. The maximum Gasteiger partial charge on any atom is 0.225 e. The van der Waals surface area contributed by atoms with Gasteiger partial charge in [-0.2, -0.15) is 0 Å². The molecule has 5 rings (SSSR count). The number of hydrogen-bond donors (Lipinski definition) is 1. The lowest BCUT2D eigenvalue weighted by atomic mass is 9.83. The topological polar surface area (TPSA) is 44.8 Å². The number of carbonyl (C=O) groups is 1. The van der Waals surface area contributed by atoms with Crippen LogP contribution in [0.2, 0.25) is 0 Å². The number of nitrogens with one attached hydrogen (secondary N) is 1. The van der Waals surface area contributed by atoms with E-state index in [9.17, 15) is 13.6 Å². The van der Waals surface area contributed by atoms with E-state index in [1.54, 1.807) is 13.2 Å². The molecule has 182 valence electrons. The zero-order valence-corrected chi connectivity index (χ0v) is 19.7. The predicted octanol–water partition coefficient (Wildman–Crippen LogP) is 4.15. The first-order valence-corrected chi connectivity index (χ1v) is 11.9. The van der Waals surface area contributed by atoms with Crippen LogP contribution in [-0.2, 0) is 24.3 Å². The second kappa shape index (κ2) is 10.0. The number of amides is 1. The van der Waals surface area contributed by atoms with Gasteiger partial charge in [0.15, 0.2) is 0 Å². The van der Waals surface area contributed by atoms with E-state index in [4.69, 9.17) is 4.74 Å². The van der Waals surface area contributed by atoms with Crippen LogP contribution in [0.3, 0.4) is 0 Å². The third kappa shape index (κ3) is 5.15. The minimum atomic E-state index is -0.313. The maximum absolute atomic E-state index is 13.6. The number of ether oxygens (including phenoxy) is 1. The Morgan fingerprint density at radius 1 is 1.00 bits per heavy atom. The summed E-state index contributed by atoms with van der Waals surface area (Å²) in [6.45, 7) is 3.32. The van der Waals surface area contributed by atoms with E-state index < -0.39 is 0 Å². The van der Waals surface area contributed by atoms with E-state index in [1.807, 2.05) is 30.3 Å². The maximum atomic E-state index is 13.6. The first-order valence-electron chi connectivity index (χ1n) is 11.9. The van der Waals surface area contributed by atoms with E-state index in [0.717, 1.165) is 41.2 Å². The molecule has 1 N–H and O–H groups in total. The van der Waals surface area contributed by atoms with E-state index in [-0.39, 0.29) is 36.0 Å². The Labute approximate surface area is 204 Å². The van der Waals surface area contributed by atoms with Crippen LogP contribution >= 0.6 is 0 Å². The monoisotopic (exact) mass is 477 g/mol. The normalized spacial score (nSPS) is 19.6. The zero-order valence-electron chi connectivity index (χ0n) is 19.7. The van der Waals surface area contributed by atoms with Crippen molar-refractivity contribution in [1.29, 1.82) is 0 Å². The Morgan fingerprint density at radius 3 is 2.60 bits per heavy atom. The first-order chi connectivity index (χ1) is 17.0. The van der Waals surface area contributed by atoms with Gasteiger partial charge in [-0.25, -0.2) is 8.78 Å². The molecule has 0 aromatic heterocycles. The van der Waals surface area contributed by atoms with Gasteiger partial charge in [0.25, 0.3) is 0 Å². The van der Waals surface area contributed by atoms with Gasteiger partial charge in [0.2, 0.25) is 5.91 Å². The predicted molar refractivity (Wildman–Crippen MR) is 131 cm³/mol. The lowest BCUT2D eigenvalue weighted by molar-refractivity contribution is -0.126. The lowest BCUT2D eigenvalue weighted by Crippen LogP contribution is -2.60. The summed E-state index contributed by atoms with van der Waals surface area (Å²) in [5, 5.41) is 3.04. The van der Waals surface area contributed by atoms with Gasteiger partial charge in [-0.1, -0.05) is 30.3 Å². The second-order valence-corrected chi connectivity index (χ2v) is 9.28. The number of anilines is 1. The molecule has 3 aromatic rings. The fourth-order valence-electron chi connectivity index (χ4n) is 5.22. The largest absolute Gasteiger partial charge is 0.497 e. The third-order valence-corrected chi connectivity index (χ3v) is 7.02. The molecule has 2 aliphatic rings. The highest BCUT2D eigenvalue weighted by Crippen LogP contribution is 2.38. The minimum Gasteiger partial charge on any atom is -0.497 e. The van der Waals surface area contributed by atoms with Gasteiger partial charge < -0.3 is 15.0 Å². The molecule has 1 fully saturated rings. The number of halogens is 2. The van der Waals surface area contributed by atoms with Crippen LogP contribution in [0.5, 0.6) is 5.75 Å². The lowest BCUT2D eigenvalue weighted by Gasteiger charge is -2.49. The number of carbonyl (C=O) groups excluding carboxylic acids is 1. The molecular formula is C28H29F2N3O2. The molecule has 2 aliphatic heterocycles. The van der Waals surface area contributed by atoms with Crippen molar-refractivity contribution in [3.8, 4) is 5.75 Å². The summed E-state index contributed by atoms with van der Waals surface area (Å²) < 4.78 is 32.4. The molecule has 0 aliphatic carbocycles. The fraction of sp³-hybridized carbons (Fsp3) is 0.321. The average molecular weight is 478 g/mol. The van der Waals surface area contributed by atoms with Crippen LogP contribution in [0.1, 0.15) is 16.7 Å². The molecule has 2 heterocycles. The molecule has 35 heavy (non-hydrogen) atoms. The molecule has 1 amide bonds. The Hall–Kier alpha value is -3.45. The van der Waals surface area contributed by atoms with Crippen molar-refractivity contribution in [2.45, 2.75) is 25.6 Å². The number of piperazine rings is 1. The number of benzene rings is 3. The van der Waals surface area contributed by atoms with Gasteiger partial charge in [-0.3, -0.25) is 9.69 Å². The fourth-order valence-corrected chi connectivity index (χ4v) is 5.22. The number of methoxy groups -OCH3 is 1. The molecule has 2 atom stereocenters. The average Bonchev–Trinajstić information content (AvgIpc) is 2.87. The molecule has 3 aromatic carbocycles. The first kappa shape index (κ1) is 23.3. The highest BCUT2D eigenvalue weighted by atomic mass is 19.1. The summed E-state index contributed by atoms with van der Waals surface area (Å²) in [5.74, 6) is -0.0429.